The molecular weight excluding hydrogens is 628 g/mol. The van der Waals surface area contributed by atoms with Gasteiger partial charge in [0, 0.05) is 0 Å². The molecule has 0 heterocycles. The maximum absolute atomic E-state index is 12.4. The van der Waals surface area contributed by atoms with Crippen molar-refractivity contribution in [3.63, 3.8) is 0 Å². The third kappa shape index (κ3) is 13.3. The van der Waals surface area contributed by atoms with E-state index in [1.165, 1.54) is 0 Å². The normalized spacial score (nSPS) is 14.0. The third-order valence-electron chi connectivity index (χ3n) is 6.41. The predicted octanol–water partition coefficient (Wildman–Crippen LogP) is 3.72. The van der Waals surface area contributed by atoms with Crippen LogP contribution in [0.25, 0.3) is 0 Å². The molecule has 0 amide bonds. The van der Waals surface area contributed by atoms with E-state index in [-0.39, 0.29) is 26.4 Å². The fourth-order valence-electron chi connectivity index (χ4n) is 4.14. The Morgan fingerprint density at radius 3 is 1.36 bits per heavy atom. The van der Waals surface area contributed by atoms with Crippen LogP contribution < -0.4 is 14.2 Å². The van der Waals surface area contributed by atoms with Crippen LogP contribution in [0.3, 0.4) is 0 Å². The van der Waals surface area contributed by atoms with Crippen molar-refractivity contribution >= 4 is 20.2 Å². The van der Waals surface area contributed by atoms with Gasteiger partial charge in [-0.2, -0.15) is 16.8 Å². The highest BCUT2D eigenvalue weighted by molar-refractivity contribution is 7.86. The van der Waals surface area contributed by atoms with Gasteiger partial charge in [-0.15, -0.1) is 0 Å². The monoisotopic (exact) mass is 668 g/mol. The molecule has 12 nitrogen and oxygen atoms in total. The van der Waals surface area contributed by atoms with Gasteiger partial charge in [-0.05, 0) is 53.1 Å². The first-order chi connectivity index (χ1) is 21.4. The molecule has 0 aromatic heterocycles. The second-order valence-electron chi connectivity index (χ2n) is 10.0. The summed E-state index contributed by atoms with van der Waals surface area (Å²) in [5.41, 5.74) is 2.28. The number of ether oxygens (including phenoxy) is 6. The van der Waals surface area contributed by atoms with E-state index in [0.717, 1.165) is 29.2 Å². The molecule has 0 aliphatic rings. The van der Waals surface area contributed by atoms with E-state index in [4.69, 9.17) is 36.8 Å². The quantitative estimate of drug-likeness (QED) is 0.162. The lowest BCUT2D eigenvalue weighted by Crippen LogP contribution is -2.48. The van der Waals surface area contributed by atoms with Crippen LogP contribution in [-0.2, 0) is 62.6 Å². The lowest BCUT2D eigenvalue weighted by atomic mass is 10.1. The Morgan fingerprint density at radius 1 is 0.533 bits per heavy atom. The molecule has 0 saturated heterocycles. The fourth-order valence-corrected chi connectivity index (χ4v) is 5.13. The summed E-state index contributed by atoms with van der Waals surface area (Å²) in [5.74, 6) is 1.96. The zero-order valence-corrected chi connectivity index (χ0v) is 27.5. The van der Waals surface area contributed by atoms with Gasteiger partial charge in [0.25, 0.3) is 20.2 Å². The average Bonchev–Trinajstić information content (AvgIpc) is 3.01. The molecule has 0 saturated carbocycles. The van der Waals surface area contributed by atoms with Gasteiger partial charge >= 0.3 is 0 Å². The zero-order valence-electron chi connectivity index (χ0n) is 25.9. The van der Waals surface area contributed by atoms with E-state index in [1.807, 2.05) is 12.1 Å². The van der Waals surface area contributed by atoms with Crippen LogP contribution in [0.15, 0.2) is 72.8 Å². The summed E-state index contributed by atoms with van der Waals surface area (Å²) < 4.78 is 93.4. The summed E-state index contributed by atoms with van der Waals surface area (Å²) in [6.45, 7) is -0.589. The second kappa shape index (κ2) is 17.5. The molecule has 0 aliphatic heterocycles. The minimum atomic E-state index is -4.04. The number of rotatable bonds is 20. The lowest BCUT2D eigenvalue weighted by Gasteiger charge is -2.32. The molecule has 3 atom stereocenters. The lowest BCUT2D eigenvalue weighted by molar-refractivity contribution is -0.147. The van der Waals surface area contributed by atoms with E-state index in [0.29, 0.717) is 17.2 Å². The first-order valence-corrected chi connectivity index (χ1v) is 17.4. The number of hydrogen-bond donors (Lipinski definition) is 0. The van der Waals surface area contributed by atoms with E-state index in [9.17, 15) is 16.8 Å². The van der Waals surface area contributed by atoms with E-state index < -0.39 is 45.2 Å². The van der Waals surface area contributed by atoms with Crippen molar-refractivity contribution in [2.45, 2.75) is 38.1 Å². The van der Waals surface area contributed by atoms with Gasteiger partial charge in [-0.1, -0.05) is 36.4 Å². The highest BCUT2D eigenvalue weighted by Gasteiger charge is 2.36. The largest absolute Gasteiger partial charge is 0.497 e. The van der Waals surface area contributed by atoms with Crippen molar-refractivity contribution in [2.75, 3.05) is 47.1 Å². The van der Waals surface area contributed by atoms with Crippen LogP contribution in [0.2, 0.25) is 0 Å². The Hall–Kier alpha value is -3.24. The van der Waals surface area contributed by atoms with Crippen LogP contribution in [-0.4, -0.2) is 82.2 Å². The Bertz CT molecular complexity index is 1510. The Balaban J connectivity index is 1.91. The molecule has 14 heteroatoms. The van der Waals surface area contributed by atoms with Gasteiger partial charge in [-0.25, -0.2) is 0 Å². The molecule has 3 aromatic carbocycles. The van der Waals surface area contributed by atoms with Gasteiger partial charge in [0.05, 0.1) is 66.9 Å². The molecule has 0 radical (unpaired) electrons. The molecule has 45 heavy (non-hydrogen) atoms. The van der Waals surface area contributed by atoms with Crippen LogP contribution in [0, 0.1) is 0 Å². The topological polar surface area (TPSA) is 142 Å². The predicted molar refractivity (Wildman–Crippen MR) is 166 cm³/mol. The van der Waals surface area contributed by atoms with Crippen molar-refractivity contribution in [1.82, 2.24) is 0 Å². The minimum absolute atomic E-state index is 0.00195. The molecule has 0 unspecified atom stereocenters. The van der Waals surface area contributed by atoms with Crippen LogP contribution in [0.1, 0.15) is 16.7 Å². The van der Waals surface area contributed by atoms with Crippen molar-refractivity contribution in [1.29, 1.82) is 0 Å². The molecule has 0 fully saturated rings. The highest BCUT2D eigenvalue weighted by atomic mass is 32.2. The van der Waals surface area contributed by atoms with E-state index in [1.54, 1.807) is 82.0 Å². The molecule has 0 bridgehead atoms. The Morgan fingerprint density at radius 2 is 0.956 bits per heavy atom. The van der Waals surface area contributed by atoms with Crippen molar-refractivity contribution in [2.24, 2.45) is 0 Å². The summed E-state index contributed by atoms with van der Waals surface area (Å²) in [5, 5.41) is 0. The number of hydrogen-bond acceptors (Lipinski definition) is 12. The SMILES string of the molecule is COc1ccc(COC[C@@H](OS(C)(=O)=O)[C@@H](OCc2ccc(OC)cc2)[C@H](COS(C)(=O)=O)OCc2ccc(OC)cc2)cc1. The molecule has 0 aliphatic carbocycles. The Kier molecular flexibility index (Phi) is 14.1. The summed E-state index contributed by atoms with van der Waals surface area (Å²) in [6.07, 6.45) is -1.72. The van der Waals surface area contributed by atoms with E-state index in [2.05, 4.69) is 0 Å². The molecular formula is C31H40O12S2. The maximum atomic E-state index is 12.4. The Labute approximate surface area is 265 Å². The summed E-state index contributed by atoms with van der Waals surface area (Å²) >= 11 is 0. The fraction of sp³-hybridized carbons (Fsp3) is 0.419. The molecule has 248 valence electrons. The second-order valence-corrected chi connectivity index (χ2v) is 13.3. The van der Waals surface area contributed by atoms with Crippen LogP contribution in [0.5, 0.6) is 17.2 Å². The zero-order chi connectivity index (χ0) is 32.9. The first-order valence-electron chi connectivity index (χ1n) is 13.8. The first kappa shape index (κ1) is 36.2. The molecule has 3 aromatic rings. The minimum Gasteiger partial charge on any atom is -0.497 e. The van der Waals surface area contributed by atoms with Gasteiger partial charge in [-0.3, -0.25) is 8.37 Å². The summed E-state index contributed by atoms with van der Waals surface area (Å²) in [7, 11) is -3.28. The van der Waals surface area contributed by atoms with E-state index >= 15 is 0 Å². The molecule has 3 rings (SSSR count). The summed E-state index contributed by atoms with van der Waals surface area (Å²) in [4.78, 5) is 0. The highest BCUT2D eigenvalue weighted by Crippen LogP contribution is 2.22. The van der Waals surface area contributed by atoms with Crippen molar-refractivity contribution in [3.05, 3.63) is 89.5 Å². The maximum Gasteiger partial charge on any atom is 0.264 e. The standard InChI is InChI=1S/C31H40O12S2/c1-36-26-12-6-23(7-13-26)18-39-21-30(43-45(5,34)35)31(41-20-25-10-16-28(38-3)17-11-25)29(22-42-44(4,32)33)40-19-24-8-14-27(37-2)15-9-24/h6-17,29-31H,18-22H2,1-5H3/t29-,30+,31-/m0/s1. The van der Waals surface area contributed by atoms with Crippen LogP contribution >= 0.6 is 0 Å². The van der Waals surface area contributed by atoms with Gasteiger partial charge in [0.1, 0.15) is 35.6 Å². The van der Waals surface area contributed by atoms with Gasteiger partial charge < -0.3 is 28.4 Å². The van der Waals surface area contributed by atoms with Gasteiger partial charge in [0.2, 0.25) is 0 Å². The smallest absolute Gasteiger partial charge is 0.264 e. The summed E-state index contributed by atoms with van der Waals surface area (Å²) in [6, 6.07) is 21.3. The molecule has 0 N–H and O–H groups in total. The number of methoxy groups -OCH3 is 3. The van der Waals surface area contributed by atoms with Crippen molar-refractivity contribution < 1.29 is 53.6 Å². The molecule has 0 spiro atoms. The average molecular weight is 669 g/mol. The van der Waals surface area contributed by atoms with Crippen molar-refractivity contribution in [3.8, 4) is 17.2 Å². The number of benzene rings is 3. The van der Waals surface area contributed by atoms with Crippen LogP contribution in [0.4, 0.5) is 0 Å². The van der Waals surface area contributed by atoms with Gasteiger partial charge in [0.15, 0.2) is 0 Å². The third-order valence-corrected chi connectivity index (χ3v) is 7.57.